The van der Waals surface area contributed by atoms with Crippen LogP contribution in [0, 0.1) is 0 Å². The smallest absolute Gasteiger partial charge is 1.00 e. The molecule has 0 heterocycles. The maximum Gasteiger partial charge on any atom is 1.00 e. The predicted molar refractivity (Wildman–Crippen MR) is 36.8 cm³/mol. The van der Waals surface area contributed by atoms with Crippen molar-refractivity contribution in [2.75, 3.05) is 0 Å². The first-order valence-electron chi connectivity index (χ1n) is 2.85. The van der Waals surface area contributed by atoms with E-state index in [0.717, 1.165) is 0 Å². The number of aliphatic carboxylic acids is 2. The fraction of sp³-hybridized carbons (Fsp3) is 0. The van der Waals surface area contributed by atoms with Crippen molar-refractivity contribution in [3.8, 4) is 0 Å². The van der Waals surface area contributed by atoms with Crippen molar-refractivity contribution in [3.63, 3.8) is 0 Å². The maximum absolute atomic E-state index is 9.75. The molecule has 4 nitrogen and oxygen atoms in total. The van der Waals surface area contributed by atoms with Crippen LogP contribution in [0.25, 0.3) is 0 Å². The summed E-state index contributed by atoms with van der Waals surface area (Å²) < 4.78 is 78.0. The molecular weight excluding hydrogens is 269 g/mol. The minimum atomic E-state index is -6.00. The number of carbonyl (C=O) groups is 2. The van der Waals surface area contributed by atoms with Crippen LogP contribution in [0.5, 0.6) is 0 Å². The van der Waals surface area contributed by atoms with Gasteiger partial charge in [0.2, 0.25) is 0 Å². The second-order valence-corrected chi connectivity index (χ2v) is 1.60. The van der Waals surface area contributed by atoms with Gasteiger partial charge in [0.05, 0.1) is 0 Å². The summed E-state index contributed by atoms with van der Waals surface area (Å²) in [5.41, 5.74) is 0. The van der Waals surface area contributed by atoms with Crippen molar-refractivity contribution in [1.29, 1.82) is 0 Å². The molecule has 0 saturated carbocycles. The summed E-state index contributed by atoms with van der Waals surface area (Å²) in [4.78, 5) is 18.2. The first-order valence-corrected chi connectivity index (χ1v) is 2.85. The Morgan fingerprint density at radius 3 is 0.765 bits per heavy atom. The van der Waals surface area contributed by atoms with E-state index >= 15 is 0 Å². The number of carboxylic acids is 2. The Morgan fingerprint density at radius 2 is 0.765 bits per heavy atom. The molecule has 0 aromatic rings. The standard InChI is InChI=1S/C2H2O4.2BF4.Li.H/c3-1(4)2(5)6;2*2-1(3,4)5;;/h(H,3,4)(H,5,6);;;;/q;2*-1;+1;-1. The second-order valence-electron chi connectivity index (χ2n) is 1.60. The van der Waals surface area contributed by atoms with Gasteiger partial charge in [-0.25, -0.2) is 9.59 Å². The SMILES string of the molecule is F[B-](F)(F)F.F[B-](F)(F)F.O=C(O)C(=O)O.[H-].[Li+]. The van der Waals surface area contributed by atoms with Gasteiger partial charge in [-0.3, -0.25) is 0 Å². The van der Waals surface area contributed by atoms with Crippen LogP contribution in [0.1, 0.15) is 1.43 Å². The Kier molecular flexibility index (Phi) is 15.2. The summed E-state index contributed by atoms with van der Waals surface area (Å²) in [5, 5.41) is 14.8. The molecule has 0 rings (SSSR count). The molecule has 0 aromatic carbocycles. The van der Waals surface area contributed by atoms with E-state index in [1.807, 2.05) is 0 Å². The van der Waals surface area contributed by atoms with E-state index in [9.17, 15) is 34.5 Å². The summed E-state index contributed by atoms with van der Waals surface area (Å²) >= 11 is 0. The topological polar surface area (TPSA) is 74.6 Å². The average molecular weight is 272 g/mol. The number of rotatable bonds is 0. The van der Waals surface area contributed by atoms with Gasteiger partial charge in [-0.2, -0.15) is 0 Å². The van der Waals surface area contributed by atoms with Gasteiger partial charge in [-0.05, 0) is 0 Å². The molecule has 15 heteroatoms. The van der Waals surface area contributed by atoms with E-state index in [1.165, 1.54) is 0 Å². The number of carboxylic acid groups (broad SMARTS) is 2. The van der Waals surface area contributed by atoms with Crippen molar-refractivity contribution in [2.24, 2.45) is 0 Å². The van der Waals surface area contributed by atoms with Crippen molar-refractivity contribution >= 4 is 26.4 Å². The van der Waals surface area contributed by atoms with E-state index in [-0.39, 0.29) is 20.3 Å². The van der Waals surface area contributed by atoms with Gasteiger partial charge in [-0.1, -0.05) is 0 Å². The molecule has 0 aromatic heterocycles. The molecule has 0 bridgehead atoms. The summed E-state index contributed by atoms with van der Waals surface area (Å²) in [6.07, 6.45) is 0. The number of hydrogen-bond donors (Lipinski definition) is 2. The average Bonchev–Trinajstić information content (AvgIpc) is 1.77. The summed E-state index contributed by atoms with van der Waals surface area (Å²) in [7, 11) is -12.0. The zero-order valence-electron chi connectivity index (χ0n) is 8.89. The van der Waals surface area contributed by atoms with Gasteiger partial charge in [0.25, 0.3) is 0 Å². The minimum absolute atomic E-state index is 0. The fourth-order valence-electron chi connectivity index (χ4n) is 0. The Labute approximate surface area is 102 Å². The molecule has 0 atom stereocenters. The van der Waals surface area contributed by atoms with Crippen LogP contribution in [0.3, 0.4) is 0 Å². The van der Waals surface area contributed by atoms with Crippen molar-refractivity contribution in [3.05, 3.63) is 0 Å². The molecule has 0 fully saturated rings. The summed E-state index contributed by atoms with van der Waals surface area (Å²) in [6, 6.07) is 0. The first kappa shape index (κ1) is 25.1. The van der Waals surface area contributed by atoms with Crippen molar-refractivity contribution < 1.29 is 74.6 Å². The van der Waals surface area contributed by atoms with Crippen LogP contribution in [0.15, 0.2) is 0 Å². The zero-order valence-corrected chi connectivity index (χ0v) is 7.89. The quantitative estimate of drug-likeness (QED) is 0.332. The van der Waals surface area contributed by atoms with Gasteiger partial charge in [-0.15, -0.1) is 0 Å². The van der Waals surface area contributed by atoms with Gasteiger partial charge >= 0.3 is 45.3 Å². The van der Waals surface area contributed by atoms with E-state index in [4.69, 9.17) is 19.8 Å². The normalized spacial score (nSPS) is 9.65. The third kappa shape index (κ3) is 269. The van der Waals surface area contributed by atoms with Crippen LogP contribution in [-0.2, 0) is 9.59 Å². The first-order chi connectivity index (χ1) is 6.64. The fourth-order valence-corrected chi connectivity index (χ4v) is 0. The molecule has 0 saturated heterocycles. The predicted octanol–water partition coefficient (Wildman–Crippen LogP) is -1.13. The molecule has 2 N–H and O–H groups in total. The van der Waals surface area contributed by atoms with Crippen LogP contribution < -0.4 is 18.9 Å². The molecular formula is C2H3B2F8LiO4-2. The summed E-state index contributed by atoms with van der Waals surface area (Å²) in [5.74, 6) is -3.65. The van der Waals surface area contributed by atoms with Crippen molar-refractivity contribution in [2.45, 2.75) is 0 Å². The molecule has 0 radical (unpaired) electrons. The largest absolute Gasteiger partial charge is 1.00 e. The minimum Gasteiger partial charge on any atom is -1.00 e. The molecule has 0 amide bonds. The Balaban J connectivity index is -0.0000000447. The molecule has 0 aliphatic heterocycles. The van der Waals surface area contributed by atoms with Crippen LogP contribution in [0.2, 0.25) is 0 Å². The molecule has 100 valence electrons. The third-order valence-corrected chi connectivity index (χ3v) is 0.183. The Morgan fingerprint density at radius 1 is 0.706 bits per heavy atom. The Bertz CT molecular complexity index is 196. The Hall–Kier alpha value is -0.893. The summed E-state index contributed by atoms with van der Waals surface area (Å²) in [6.45, 7) is 0. The van der Waals surface area contributed by atoms with E-state index in [2.05, 4.69) is 0 Å². The van der Waals surface area contributed by atoms with Crippen LogP contribution >= 0.6 is 0 Å². The van der Waals surface area contributed by atoms with Gasteiger partial charge in [0.1, 0.15) is 0 Å². The van der Waals surface area contributed by atoms with Crippen molar-refractivity contribution in [1.82, 2.24) is 0 Å². The molecule has 0 spiro atoms. The molecule has 0 unspecified atom stereocenters. The van der Waals surface area contributed by atoms with E-state index < -0.39 is 26.4 Å². The van der Waals surface area contributed by atoms with Crippen LogP contribution in [-0.4, -0.2) is 36.7 Å². The molecule has 0 aliphatic carbocycles. The monoisotopic (exact) mass is 272 g/mol. The van der Waals surface area contributed by atoms with Crippen LogP contribution in [0.4, 0.5) is 34.5 Å². The van der Waals surface area contributed by atoms with E-state index in [0.29, 0.717) is 0 Å². The van der Waals surface area contributed by atoms with Gasteiger partial charge in [0.15, 0.2) is 0 Å². The second kappa shape index (κ2) is 10.3. The maximum atomic E-state index is 9.75. The van der Waals surface area contributed by atoms with Gasteiger partial charge < -0.3 is 46.2 Å². The van der Waals surface area contributed by atoms with E-state index in [1.54, 1.807) is 0 Å². The molecule has 17 heavy (non-hydrogen) atoms. The number of hydrogen-bond acceptors (Lipinski definition) is 2. The third-order valence-electron chi connectivity index (χ3n) is 0.183. The number of halogens is 8. The molecule has 0 aliphatic rings. The zero-order chi connectivity index (χ0) is 14.2. The van der Waals surface area contributed by atoms with Gasteiger partial charge in [0, 0.05) is 0 Å².